The van der Waals surface area contributed by atoms with E-state index in [1.807, 2.05) is 0 Å². The zero-order chi connectivity index (χ0) is 14.0. The molecule has 106 valence electrons. The van der Waals surface area contributed by atoms with Crippen LogP contribution in [0.15, 0.2) is 0 Å². The first kappa shape index (κ1) is 15.2. The van der Waals surface area contributed by atoms with E-state index in [0.29, 0.717) is 19.5 Å². The normalized spacial score (nSPS) is 18.9. The van der Waals surface area contributed by atoms with E-state index in [4.69, 9.17) is 4.74 Å². The third-order valence-corrected chi connectivity index (χ3v) is 3.59. The summed E-state index contributed by atoms with van der Waals surface area (Å²) in [5, 5.41) is 5.81. The molecule has 6 nitrogen and oxygen atoms in total. The van der Waals surface area contributed by atoms with Gasteiger partial charge in [0, 0.05) is 19.3 Å². The van der Waals surface area contributed by atoms with E-state index in [0.717, 1.165) is 0 Å². The van der Waals surface area contributed by atoms with Crippen LogP contribution in [0.2, 0.25) is 0 Å². The molecule has 1 rings (SSSR count). The molecule has 1 heterocycles. The van der Waals surface area contributed by atoms with Crippen molar-refractivity contribution in [2.75, 3.05) is 25.1 Å². The van der Waals surface area contributed by atoms with Crippen LogP contribution in [0.1, 0.15) is 27.2 Å². The zero-order valence-corrected chi connectivity index (χ0v) is 12.2. The Morgan fingerprint density at radius 1 is 1.39 bits per heavy atom. The summed E-state index contributed by atoms with van der Waals surface area (Å²) in [4.78, 5) is 11.7. The second-order valence-corrected chi connectivity index (χ2v) is 8.15. The van der Waals surface area contributed by atoms with Gasteiger partial charge in [-0.3, -0.25) is 0 Å². The molecule has 18 heavy (non-hydrogen) atoms. The Hall–Kier alpha value is -0.820. The van der Waals surface area contributed by atoms with E-state index in [9.17, 15) is 13.2 Å². The van der Waals surface area contributed by atoms with Crippen molar-refractivity contribution < 1.29 is 17.9 Å². The molecule has 0 bridgehead atoms. The van der Waals surface area contributed by atoms with Crippen LogP contribution in [-0.2, 0) is 14.6 Å². The Kier molecular flexibility index (Phi) is 4.27. The first-order valence-electron chi connectivity index (χ1n) is 5.91. The molecular formula is C11H22N2O4S. The van der Waals surface area contributed by atoms with Gasteiger partial charge in [-0.1, -0.05) is 0 Å². The molecule has 1 fully saturated rings. The quantitative estimate of drug-likeness (QED) is 0.772. The van der Waals surface area contributed by atoms with Crippen molar-refractivity contribution in [3.05, 3.63) is 0 Å². The van der Waals surface area contributed by atoms with E-state index in [1.165, 1.54) is 6.26 Å². The van der Waals surface area contributed by atoms with Gasteiger partial charge in [0.2, 0.25) is 0 Å². The molecule has 1 aliphatic heterocycles. The van der Waals surface area contributed by atoms with Crippen molar-refractivity contribution >= 4 is 15.9 Å². The van der Waals surface area contributed by atoms with Crippen molar-refractivity contribution in [1.82, 2.24) is 10.6 Å². The minimum atomic E-state index is -3.02. The van der Waals surface area contributed by atoms with Gasteiger partial charge >= 0.3 is 6.09 Å². The molecule has 0 unspecified atom stereocenters. The van der Waals surface area contributed by atoms with E-state index in [1.54, 1.807) is 20.8 Å². The maximum absolute atomic E-state index is 11.7. The Morgan fingerprint density at radius 2 is 1.94 bits per heavy atom. The minimum Gasteiger partial charge on any atom is -0.444 e. The molecule has 0 atom stereocenters. The number of rotatable bonds is 4. The fourth-order valence-corrected chi connectivity index (χ4v) is 2.42. The second kappa shape index (κ2) is 5.05. The van der Waals surface area contributed by atoms with Crippen LogP contribution in [0.4, 0.5) is 4.79 Å². The number of hydrogen-bond donors (Lipinski definition) is 2. The number of alkyl carbamates (subject to hydrolysis) is 1. The van der Waals surface area contributed by atoms with Crippen molar-refractivity contribution in [2.24, 2.45) is 0 Å². The highest BCUT2D eigenvalue weighted by Gasteiger charge is 2.39. The summed E-state index contributed by atoms with van der Waals surface area (Å²) >= 11 is 0. The predicted octanol–water partition coefficient (Wildman–Crippen LogP) is 0.288. The smallest absolute Gasteiger partial charge is 0.408 e. The van der Waals surface area contributed by atoms with Crippen LogP contribution in [0.5, 0.6) is 0 Å². The summed E-state index contributed by atoms with van der Waals surface area (Å²) in [5.41, 5.74) is -1.05. The highest BCUT2D eigenvalue weighted by Crippen LogP contribution is 2.18. The summed E-state index contributed by atoms with van der Waals surface area (Å²) in [6, 6.07) is 0. The van der Waals surface area contributed by atoms with E-state index < -0.39 is 27.1 Å². The van der Waals surface area contributed by atoms with Gasteiger partial charge < -0.3 is 15.4 Å². The minimum absolute atomic E-state index is 0.0600. The van der Waals surface area contributed by atoms with Gasteiger partial charge in [0.05, 0.1) is 11.3 Å². The molecule has 2 N–H and O–H groups in total. The highest BCUT2D eigenvalue weighted by atomic mass is 32.2. The maximum Gasteiger partial charge on any atom is 0.408 e. The van der Waals surface area contributed by atoms with Crippen LogP contribution in [0.3, 0.4) is 0 Å². The lowest BCUT2D eigenvalue weighted by atomic mass is 9.89. The fourth-order valence-electron chi connectivity index (χ4n) is 1.66. The largest absolute Gasteiger partial charge is 0.444 e. The molecule has 0 aromatic heterocycles. The first-order valence-corrected chi connectivity index (χ1v) is 7.97. The van der Waals surface area contributed by atoms with Gasteiger partial charge in [-0.25, -0.2) is 13.2 Å². The van der Waals surface area contributed by atoms with Crippen LogP contribution in [0.25, 0.3) is 0 Å². The number of carbonyl (C=O) groups excluding carboxylic acids is 1. The number of sulfone groups is 1. The number of ether oxygens (including phenoxy) is 1. The summed E-state index contributed by atoms with van der Waals surface area (Å²) < 4.78 is 27.5. The molecule has 1 saturated heterocycles. The van der Waals surface area contributed by atoms with Gasteiger partial charge in [-0.2, -0.15) is 0 Å². The molecular weight excluding hydrogens is 256 g/mol. The van der Waals surface area contributed by atoms with Crippen molar-refractivity contribution in [3.63, 3.8) is 0 Å². The van der Waals surface area contributed by atoms with E-state index >= 15 is 0 Å². The lowest BCUT2D eigenvalue weighted by molar-refractivity contribution is 0.0406. The number of carbonyl (C=O) groups is 1. The molecule has 7 heteroatoms. The molecule has 0 saturated carbocycles. The topological polar surface area (TPSA) is 84.5 Å². The first-order chi connectivity index (χ1) is 8.02. The molecule has 0 aliphatic carbocycles. The molecule has 1 aliphatic rings. The second-order valence-electron chi connectivity index (χ2n) is 5.89. The number of hydrogen-bond acceptors (Lipinski definition) is 5. The van der Waals surface area contributed by atoms with Crippen LogP contribution < -0.4 is 10.6 Å². The van der Waals surface area contributed by atoms with Gasteiger partial charge in [0.1, 0.15) is 15.4 Å². The monoisotopic (exact) mass is 278 g/mol. The SMILES string of the molecule is CC(C)(C)OC(=O)NC1(CCS(C)(=O)=O)CNC1. The predicted molar refractivity (Wildman–Crippen MR) is 69.3 cm³/mol. The number of nitrogens with one attached hydrogen (secondary N) is 2. The van der Waals surface area contributed by atoms with Gasteiger partial charge in [-0.15, -0.1) is 0 Å². The third kappa shape index (κ3) is 5.22. The average molecular weight is 278 g/mol. The van der Waals surface area contributed by atoms with Crippen molar-refractivity contribution in [2.45, 2.75) is 38.3 Å². The Morgan fingerprint density at radius 3 is 2.28 bits per heavy atom. The fraction of sp³-hybridized carbons (Fsp3) is 0.909. The van der Waals surface area contributed by atoms with Crippen LogP contribution >= 0.6 is 0 Å². The standard InChI is InChI=1S/C11H22N2O4S/c1-10(2,3)17-9(14)13-11(7-12-8-11)5-6-18(4,15)16/h12H,5-8H2,1-4H3,(H,13,14). The molecule has 0 spiro atoms. The van der Waals surface area contributed by atoms with Crippen molar-refractivity contribution in [1.29, 1.82) is 0 Å². The lowest BCUT2D eigenvalue weighted by Gasteiger charge is -2.43. The Labute approximate surface area is 108 Å². The third-order valence-electron chi connectivity index (χ3n) is 2.64. The van der Waals surface area contributed by atoms with Crippen LogP contribution in [0, 0.1) is 0 Å². The van der Waals surface area contributed by atoms with Gasteiger partial charge in [0.25, 0.3) is 0 Å². The summed E-state index contributed by atoms with van der Waals surface area (Å²) in [6.07, 6.45) is 1.09. The zero-order valence-electron chi connectivity index (χ0n) is 11.4. The summed E-state index contributed by atoms with van der Waals surface area (Å²) in [5.74, 6) is 0.0600. The van der Waals surface area contributed by atoms with Crippen molar-refractivity contribution in [3.8, 4) is 0 Å². The number of amides is 1. The van der Waals surface area contributed by atoms with E-state index in [-0.39, 0.29) is 5.75 Å². The Bertz CT molecular complexity index is 407. The maximum atomic E-state index is 11.7. The molecule has 1 amide bonds. The Balaban J connectivity index is 2.53. The molecule has 0 aromatic rings. The lowest BCUT2D eigenvalue weighted by Crippen LogP contribution is -2.69. The molecule has 0 radical (unpaired) electrons. The van der Waals surface area contributed by atoms with Gasteiger partial charge in [0.15, 0.2) is 0 Å². The van der Waals surface area contributed by atoms with Crippen LogP contribution in [-0.4, -0.2) is 50.7 Å². The average Bonchev–Trinajstić information content (AvgIpc) is 2.04. The molecule has 0 aromatic carbocycles. The summed E-state index contributed by atoms with van der Waals surface area (Å²) in [6.45, 7) is 6.50. The van der Waals surface area contributed by atoms with E-state index in [2.05, 4.69) is 10.6 Å². The highest BCUT2D eigenvalue weighted by molar-refractivity contribution is 7.90. The van der Waals surface area contributed by atoms with Gasteiger partial charge in [-0.05, 0) is 27.2 Å². The summed E-state index contributed by atoms with van der Waals surface area (Å²) in [7, 11) is -3.02.